The third-order valence-electron chi connectivity index (χ3n) is 6.70. The van der Waals surface area contributed by atoms with Crippen molar-refractivity contribution >= 4 is 23.4 Å². The molecule has 38 heavy (non-hydrogen) atoms. The molecule has 0 aliphatic carbocycles. The molecule has 206 valence electrons. The summed E-state index contributed by atoms with van der Waals surface area (Å²) < 4.78 is 27.7. The first kappa shape index (κ1) is 27.8. The maximum atomic E-state index is 13.2. The number of halogens is 1. The zero-order valence-corrected chi connectivity index (χ0v) is 22.7. The molecule has 0 spiro atoms. The molecule has 0 unspecified atom stereocenters. The fraction of sp³-hybridized carbons (Fsp3) is 0.481. The van der Waals surface area contributed by atoms with Gasteiger partial charge in [-0.15, -0.1) is 0 Å². The van der Waals surface area contributed by atoms with Crippen LogP contribution in [0.4, 0.5) is 0 Å². The standard InChI is InChI=1S/C27H34ClN3O7/c1-34-23-14-19(15-24(35-2)26(23)36-3)27(33)30-10-8-29(9-11-30)16-22-17-31(12-13-37-22)25(32)18-38-21-6-4-20(28)5-7-21/h4-7,14-15,22H,8-13,16-18H2,1-3H3/t22-/m1/s1. The number of hydrogen-bond acceptors (Lipinski definition) is 8. The van der Waals surface area contributed by atoms with Crippen LogP contribution in [0.3, 0.4) is 0 Å². The highest BCUT2D eigenvalue weighted by molar-refractivity contribution is 6.30. The predicted octanol–water partition coefficient (Wildman–Crippen LogP) is 2.43. The van der Waals surface area contributed by atoms with Crippen molar-refractivity contribution in [2.24, 2.45) is 0 Å². The number of nitrogens with zero attached hydrogens (tertiary/aromatic N) is 3. The SMILES string of the molecule is COc1cc(C(=O)N2CCN(C[C@@H]3CN(C(=O)COc4ccc(Cl)cc4)CCO3)CC2)cc(OC)c1OC. The molecule has 4 rings (SSSR count). The van der Waals surface area contributed by atoms with Gasteiger partial charge in [0.15, 0.2) is 18.1 Å². The molecule has 2 heterocycles. The Bertz CT molecular complexity index is 1080. The third-order valence-corrected chi connectivity index (χ3v) is 6.95. The maximum Gasteiger partial charge on any atom is 0.260 e. The van der Waals surface area contributed by atoms with E-state index in [0.29, 0.717) is 86.0 Å². The molecule has 11 heteroatoms. The lowest BCUT2D eigenvalue weighted by Crippen LogP contribution is -2.54. The number of rotatable bonds is 9. The molecule has 2 fully saturated rings. The number of amides is 2. The van der Waals surface area contributed by atoms with Gasteiger partial charge < -0.3 is 33.5 Å². The van der Waals surface area contributed by atoms with Crippen LogP contribution >= 0.6 is 11.6 Å². The van der Waals surface area contributed by atoms with Gasteiger partial charge in [0.25, 0.3) is 11.8 Å². The molecular formula is C27H34ClN3O7. The molecule has 0 N–H and O–H groups in total. The molecule has 2 amide bonds. The fourth-order valence-corrected chi connectivity index (χ4v) is 4.76. The number of morpholine rings is 1. The van der Waals surface area contributed by atoms with Crippen LogP contribution in [0.25, 0.3) is 0 Å². The largest absolute Gasteiger partial charge is 0.493 e. The molecule has 2 aliphatic heterocycles. The molecule has 1 atom stereocenters. The van der Waals surface area contributed by atoms with Crippen LogP contribution in [-0.4, -0.2) is 113 Å². The van der Waals surface area contributed by atoms with E-state index in [2.05, 4.69) is 4.90 Å². The van der Waals surface area contributed by atoms with Crippen LogP contribution in [0.2, 0.25) is 5.02 Å². The first-order valence-electron chi connectivity index (χ1n) is 12.5. The van der Waals surface area contributed by atoms with Gasteiger partial charge in [-0.05, 0) is 36.4 Å². The van der Waals surface area contributed by atoms with Crippen molar-refractivity contribution in [1.82, 2.24) is 14.7 Å². The lowest BCUT2D eigenvalue weighted by Gasteiger charge is -2.39. The number of ether oxygens (including phenoxy) is 5. The molecule has 2 aliphatic rings. The van der Waals surface area contributed by atoms with Crippen molar-refractivity contribution < 1.29 is 33.3 Å². The molecular weight excluding hydrogens is 514 g/mol. The smallest absolute Gasteiger partial charge is 0.260 e. The van der Waals surface area contributed by atoms with Crippen molar-refractivity contribution in [3.63, 3.8) is 0 Å². The summed E-state index contributed by atoms with van der Waals surface area (Å²) in [5, 5.41) is 0.617. The molecule has 0 aromatic heterocycles. The Morgan fingerprint density at radius 3 is 2.18 bits per heavy atom. The van der Waals surface area contributed by atoms with Gasteiger partial charge in [0.05, 0.1) is 34.0 Å². The van der Waals surface area contributed by atoms with Crippen molar-refractivity contribution in [2.75, 3.05) is 80.4 Å². The molecule has 0 saturated carbocycles. The van der Waals surface area contributed by atoms with Gasteiger partial charge in [-0.1, -0.05) is 11.6 Å². The van der Waals surface area contributed by atoms with Crippen LogP contribution in [-0.2, 0) is 9.53 Å². The topological polar surface area (TPSA) is 90.0 Å². The monoisotopic (exact) mass is 547 g/mol. The van der Waals surface area contributed by atoms with E-state index in [9.17, 15) is 9.59 Å². The average Bonchev–Trinajstić information content (AvgIpc) is 2.96. The van der Waals surface area contributed by atoms with Crippen molar-refractivity contribution in [2.45, 2.75) is 6.10 Å². The quantitative estimate of drug-likeness (QED) is 0.473. The van der Waals surface area contributed by atoms with Crippen molar-refractivity contribution in [3.05, 3.63) is 47.0 Å². The summed E-state index contributed by atoms with van der Waals surface area (Å²) in [5.41, 5.74) is 0.485. The fourth-order valence-electron chi connectivity index (χ4n) is 4.63. The van der Waals surface area contributed by atoms with Gasteiger partial charge in [-0.3, -0.25) is 14.5 Å². The predicted molar refractivity (Wildman–Crippen MR) is 142 cm³/mol. The molecule has 2 aromatic carbocycles. The highest BCUT2D eigenvalue weighted by Gasteiger charge is 2.29. The van der Waals surface area contributed by atoms with Crippen molar-refractivity contribution in [3.8, 4) is 23.0 Å². The Labute approximate surface area is 227 Å². The first-order valence-corrected chi connectivity index (χ1v) is 12.9. The Morgan fingerprint density at radius 2 is 1.58 bits per heavy atom. The minimum absolute atomic E-state index is 0.0317. The van der Waals surface area contributed by atoms with E-state index in [4.69, 9.17) is 35.3 Å². The third kappa shape index (κ3) is 6.80. The van der Waals surface area contributed by atoms with Crippen LogP contribution in [0.1, 0.15) is 10.4 Å². The second kappa shape index (κ2) is 13.0. The van der Waals surface area contributed by atoms with Gasteiger partial charge in [0.1, 0.15) is 5.75 Å². The summed E-state index contributed by atoms with van der Waals surface area (Å²) in [4.78, 5) is 31.8. The van der Waals surface area contributed by atoms with E-state index in [1.807, 2.05) is 4.90 Å². The van der Waals surface area contributed by atoms with Gasteiger partial charge in [0, 0.05) is 56.4 Å². The molecule has 0 bridgehead atoms. The van der Waals surface area contributed by atoms with Gasteiger partial charge in [-0.2, -0.15) is 0 Å². The van der Waals surface area contributed by atoms with Gasteiger partial charge in [-0.25, -0.2) is 0 Å². The van der Waals surface area contributed by atoms with Crippen molar-refractivity contribution in [1.29, 1.82) is 0 Å². The molecule has 2 saturated heterocycles. The summed E-state index contributed by atoms with van der Waals surface area (Å²) in [6.45, 7) is 4.78. The van der Waals surface area contributed by atoms with E-state index in [0.717, 1.165) is 0 Å². The minimum Gasteiger partial charge on any atom is -0.493 e. The molecule has 0 radical (unpaired) electrons. The number of hydrogen-bond donors (Lipinski definition) is 0. The molecule has 2 aromatic rings. The van der Waals surface area contributed by atoms with Crippen LogP contribution in [0.5, 0.6) is 23.0 Å². The zero-order valence-electron chi connectivity index (χ0n) is 22.0. The Kier molecular flexibility index (Phi) is 9.54. The summed E-state index contributed by atoms with van der Waals surface area (Å²) >= 11 is 5.89. The normalized spacial score (nSPS) is 18.2. The van der Waals surface area contributed by atoms with E-state index in [1.165, 1.54) is 21.3 Å². The van der Waals surface area contributed by atoms with Gasteiger partial charge >= 0.3 is 0 Å². The Hall–Kier alpha value is -3.21. The summed E-state index contributed by atoms with van der Waals surface area (Å²) in [5.74, 6) is 1.78. The van der Waals surface area contributed by atoms with Gasteiger partial charge in [0.2, 0.25) is 5.75 Å². The lowest BCUT2D eigenvalue weighted by molar-refractivity contribution is -0.141. The number of piperazine rings is 1. The molecule has 10 nitrogen and oxygen atoms in total. The highest BCUT2D eigenvalue weighted by Crippen LogP contribution is 2.38. The van der Waals surface area contributed by atoms with E-state index in [-0.39, 0.29) is 24.5 Å². The summed E-state index contributed by atoms with van der Waals surface area (Å²) in [6, 6.07) is 10.3. The van der Waals surface area contributed by atoms with Crippen LogP contribution in [0.15, 0.2) is 36.4 Å². The van der Waals surface area contributed by atoms with E-state index < -0.39 is 0 Å². The number of carbonyl (C=O) groups is 2. The number of carbonyl (C=O) groups excluding carboxylic acids is 2. The van der Waals surface area contributed by atoms with Crippen LogP contribution < -0.4 is 18.9 Å². The second-order valence-corrected chi connectivity index (χ2v) is 9.52. The Morgan fingerprint density at radius 1 is 0.921 bits per heavy atom. The average molecular weight is 548 g/mol. The van der Waals surface area contributed by atoms with Crippen LogP contribution in [0, 0.1) is 0 Å². The number of methoxy groups -OCH3 is 3. The zero-order chi connectivity index (χ0) is 27.1. The number of benzene rings is 2. The summed E-state index contributed by atoms with van der Waals surface area (Å²) in [6.07, 6.45) is -0.0967. The Balaban J connectivity index is 1.26. The van der Waals surface area contributed by atoms with E-state index >= 15 is 0 Å². The van der Waals surface area contributed by atoms with E-state index in [1.54, 1.807) is 41.3 Å². The second-order valence-electron chi connectivity index (χ2n) is 9.08. The summed E-state index contributed by atoms with van der Waals surface area (Å²) in [7, 11) is 4.58. The maximum absolute atomic E-state index is 13.2. The lowest BCUT2D eigenvalue weighted by atomic mass is 10.1. The highest BCUT2D eigenvalue weighted by atomic mass is 35.5. The first-order chi connectivity index (χ1) is 18.4. The minimum atomic E-state index is -0.0967.